The number of hydrogen-bond donors (Lipinski definition) is 3. The van der Waals surface area contributed by atoms with Crippen molar-refractivity contribution in [3.63, 3.8) is 0 Å². The summed E-state index contributed by atoms with van der Waals surface area (Å²) < 4.78 is 17.3. The molecule has 3 rings (SSSR count). The molecular weight excluding hydrogens is 1110 g/mol. The number of halogens is 6. The normalized spacial score (nSPS) is 11.8. The van der Waals surface area contributed by atoms with Gasteiger partial charge in [0.25, 0.3) is 0 Å². The van der Waals surface area contributed by atoms with Gasteiger partial charge in [-0.1, -0.05) is 0 Å². The van der Waals surface area contributed by atoms with Gasteiger partial charge in [0.15, 0.2) is 11.5 Å². The van der Waals surface area contributed by atoms with Crippen LogP contribution < -0.4 is 15.2 Å². The number of benzene rings is 3. The van der Waals surface area contributed by atoms with Gasteiger partial charge in [-0.3, -0.25) is 4.79 Å². The van der Waals surface area contributed by atoms with E-state index in [0.29, 0.717) is 23.0 Å². The number of carboxylic acid groups (broad SMARTS) is 1. The Balaban J connectivity index is 1.85. The summed E-state index contributed by atoms with van der Waals surface area (Å²) in [4.78, 5) is 11.1. The number of ether oxygens (including phenoxy) is 2. The van der Waals surface area contributed by atoms with Gasteiger partial charge in [0, 0.05) is 0 Å². The van der Waals surface area contributed by atoms with Crippen LogP contribution in [0.5, 0.6) is 28.7 Å². The topological polar surface area (TPSA) is 102 Å². The first-order chi connectivity index (χ1) is 15.5. The fourth-order valence-electron chi connectivity index (χ4n) is 2.70. The van der Waals surface area contributed by atoms with E-state index in [1.807, 2.05) is 24.3 Å². The highest BCUT2D eigenvalue weighted by Crippen LogP contribution is 2.40. The molecule has 4 N–H and O–H groups in total. The van der Waals surface area contributed by atoms with Crippen molar-refractivity contribution in [3.8, 4) is 28.7 Å². The van der Waals surface area contributed by atoms with Gasteiger partial charge in [0.2, 0.25) is 0 Å². The lowest BCUT2D eigenvalue weighted by Crippen LogP contribution is -2.32. The van der Waals surface area contributed by atoms with Gasteiger partial charge in [-0.25, -0.2) is 0 Å². The van der Waals surface area contributed by atoms with Crippen LogP contribution >= 0.6 is 136 Å². The second-order valence-electron chi connectivity index (χ2n) is 6.69. The average Bonchev–Trinajstić information content (AvgIpc) is 2.71. The van der Waals surface area contributed by atoms with E-state index in [1.165, 1.54) is 0 Å². The van der Waals surface area contributed by atoms with Crippen molar-refractivity contribution in [1.82, 2.24) is 0 Å². The van der Waals surface area contributed by atoms with Crippen LogP contribution in [-0.4, -0.2) is 22.2 Å². The zero-order valence-corrected chi connectivity index (χ0v) is 29.2. The molecule has 0 fully saturated rings. The number of phenols is 1. The number of nitrogens with two attached hydrogens (primary N) is 1. The molecule has 0 saturated carbocycles. The van der Waals surface area contributed by atoms with Crippen molar-refractivity contribution in [2.24, 2.45) is 5.73 Å². The van der Waals surface area contributed by atoms with Crippen molar-refractivity contribution in [1.29, 1.82) is 0 Å². The lowest BCUT2D eigenvalue weighted by molar-refractivity contribution is -0.138. The first-order valence-corrected chi connectivity index (χ1v) is 15.4. The monoisotopic (exact) mass is 1120 g/mol. The minimum absolute atomic E-state index is 0.247. The quantitative estimate of drug-likeness (QED) is 0.212. The van der Waals surface area contributed by atoms with E-state index in [4.69, 9.17) is 20.3 Å². The lowest BCUT2D eigenvalue weighted by Gasteiger charge is -2.16. The van der Waals surface area contributed by atoms with E-state index < -0.39 is 12.0 Å². The Kier molecular flexibility index (Phi) is 10.7. The number of aromatic hydroxyl groups is 1. The van der Waals surface area contributed by atoms with Crippen molar-refractivity contribution >= 4 is 142 Å². The zero-order chi connectivity index (χ0) is 24.4. The number of aliphatic carboxylic acids is 1. The summed E-state index contributed by atoms with van der Waals surface area (Å²) >= 11 is 12.9. The highest BCUT2D eigenvalue weighted by Gasteiger charge is 2.18. The Morgan fingerprint density at radius 3 is 1.52 bits per heavy atom. The molecule has 6 nitrogen and oxygen atoms in total. The Labute approximate surface area is 272 Å². The van der Waals surface area contributed by atoms with Crippen LogP contribution in [0, 0.1) is 21.4 Å². The smallest absolute Gasteiger partial charge is 0.320 e. The molecule has 174 valence electrons. The summed E-state index contributed by atoms with van der Waals surface area (Å²) in [6, 6.07) is 10.2. The maximum Gasteiger partial charge on any atom is 0.320 e. The minimum Gasteiger partial charge on any atom is -0.506 e. The molecule has 1 atom stereocenters. The van der Waals surface area contributed by atoms with Crippen LogP contribution in [-0.2, 0) is 11.2 Å². The molecule has 0 amide bonds. The molecule has 12 heteroatoms. The molecule has 3 aromatic carbocycles. The van der Waals surface area contributed by atoms with E-state index in [0.717, 1.165) is 27.0 Å². The van der Waals surface area contributed by atoms with Crippen LogP contribution in [0.15, 0.2) is 36.4 Å². The van der Waals surface area contributed by atoms with Crippen LogP contribution in [0.2, 0.25) is 0 Å². The van der Waals surface area contributed by atoms with Crippen molar-refractivity contribution < 1.29 is 24.5 Å². The van der Waals surface area contributed by atoms with Gasteiger partial charge >= 0.3 is 5.97 Å². The van der Waals surface area contributed by atoms with Gasteiger partial charge in [0.05, 0.1) is 21.4 Å². The highest BCUT2D eigenvalue weighted by molar-refractivity contribution is 14.1. The van der Waals surface area contributed by atoms with E-state index in [-0.39, 0.29) is 12.2 Å². The Morgan fingerprint density at radius 2 is 1.12 bits per heavy atom. The summed E-state index contributed by atoms with van der Waals surface area (Å²) in [5.74, 6) is 1.94. The third-order valence-electron chi connectivity index (χ3n) is 4.23. The maximum atomic E-state index is 11.1. The number of hydrogen-bond acceptors (Lipinski definition) is 5. The predicted molar refractivity (Wildman–Crippen MR) is 177 cm³/mol. The molecule has 33 heavy (non-hydrogen) atoms. The van der Waals surface area contributed by atoms with E-state index in [1.54, 1.807) is 12.1 Å². The summed E-state index contributed by atoms with van der Waals surface area (Å²) in [6.07, 6.45) is 0.249. The number of phenolic OH excluding ortho intramolecular Hbond substituents is 1. The van der Waals surface area contributed by atoms with Crippen molar-refractivity contribution in [2.75, 3.05) is 0 Å². The van der Waals surface area contributed by atoms with Crippen LogP contribution in [0.25, 0.3) is 0 Å². The summed E-state index contributed by atoms with van der Waals surface area (Å²) in [5.41, 5.74) is 6.52. The molecule has 3 aromatic rings. The second-order valence-corrected chi connectivity index (χ2v) is 13.7. The van der Waals surface area contributed by atoms with Crippen LogP contribution in [0.1, 0.15) is 5.56 Å². The summed E-state index contributed by atoms with van der Waals surface area (Å²) in [5, 5.41) is 19.0. The van der Waals surface area contributed by atoms with E-state index in [9.17, 15) is 9.90 Å². The largest absolute Gasteiger partial charge is 0.506 e. The van der Waals surface area contributed by atoms with E-state index in [2.05, 4.69) is 136 Å². The SMILES string of the molecule is N[C@H](Cc1cc(I)c(Oc2cc(I)c(Oc3cc(I)c(O)c(I)c3)c(I)c2)c(I)c1)C(=O)O. The molecule has 0 aliphatic heterocycles. The summed E-state index contributed by atoms with van der Waals surface area (Å²) in [7, 11) is 0. The molecule has 0 unspecified atom stereocenters. The molecule has 0 bridgehead atoms. The van der Waals surface area contributed by atoms with Crippen molar-refractivity contribution in [3.05, 3.63) is 63.4 Å². The molecule has 0 aromatic heterocycles. The number of carbonyl (C=O) groups is 1. The molecule has 0 saturated heterocycles. The standard InChI is InChI=1S/C21H13I6NO5/c22-11-4-9(5-12(23)18(11)29)32-20-15(26)6-10(7-16(20)27)33-19-13(24)1-8(2-14(19)25)3-17(28)21(30)31/h1-2,4-7,17,29H,3,28H2,(H,30,31)/t17-/m1/s1. The van der Waals surface area contributed by atoms with Gasteiger partial charge < -0.3 is 25.4 Å². The molecular formula is C21H13I6NO5. The third-order valence-corrected chi connectivity index (χ3v) is 9.08. The first kappa shape index (κ1) is 28.4. The Hall–Kier alpha value is 0.870. The number of rotatable bonds is 7. The minimum atomic E-state index is -1.02. The molecule has 0 aliphatic rings. The highest BCUT2D eigenvalue weighted by atomic mass is 127. The molecule has 0 spiro atoms. The van der Waals surface area contributed by atoms with Crippen LogP contribution in [0.3, 0.4) is 0 Å². The van der Waals surface area contributed by atoms with Gasteiger partial charge in [-0.2, -0.15) is 0 Å². The molecule has 0 radical (unpaired) electrons. The first-order valence-electron chi connectivity index (χ1n) is 8.95. The summed E-state index contributed by atoms with van der Waals surface area (Å²) in [6.45, 7) is 0. The van der Waals surface area contributed by atoms with Gasteiger partial charge in [0.1, 0.15) is 23.3 Å². The van der Waals surface area contributed by atoms with Crippen LogP contribution in [0.4, 0.5) is 0 Å². The second kappa shape index (κ2) is 12.4. The third kappa shape index (κ3) is 7.44. The number of carboxylic acids is 1. The Morgan fingerprint density at radius 1 is 0.758 bits per heavy atom. The van der Waals surface area contributed by atoms with Crippen molar-refractivity contribution in [2.45, 2.75) is 12.5 Å². The maximum absolute atomic E-state index is 11.1. The fraction of sp³-hybridized carbons (Fsp3) is 0.0952. The molecule has 0 aliphatic carbocycles. The van der Waals surface area contributed by atoms with Gasteiger partial charge in [-0.15, -0.1) is 0 Å². The fourth-order valence-corrected chi connectivity index (χ4v) is 8.46. The zero-order valence-electron chi connectivity index (χ0n) is 16.2. The average molecular weight is 1120 g/mol. The van der Waals surface area contributed by atoms with Gasteiger partial charge in [-0.05, 0) is 184 Å². The Bertz CT molecular complexity index is 1170. The predicted octanol–water partition coefficient (Wildman–Crippen LogP) is 7.56. The lowest BCUT2D eigenvalue weighted by atomic mass is 10.1. The molecule has 0 heterocycles. The van der Waals surface area contributed by atoms with E-state index >= 15 is 0 Å².